The normalized spacial score (nSPS) is 30.3. The van der Waals surface area contributed by atoms with Gasteiger partial charge in [-0.3, -0.25) is 0 Å². The van der Waals surface area contributed by atoms with Crippen LogP contribution in [0.1, 0.15) is 24.5 Å². The van der Waals surface area contributed by atoms with Crippen molar-refractivity contribution in [3.63, 3.8) is 0 Å². The summed E-state index contributed by atoms with van der Waals surface area (Å²) in [5, 5.41) is 0. The molecule has 0 bridgehead atoms. The Morgan fingerprint density at radius 2 is 1.73 bits per heavy atom. The molecule has 0 heterocycles. The largest absolute Gasteiger partial charge is 0.416 e. The zero-order valence-electron chi connectivity index (χ0n) is 8.31. The lowest BCUT2D eigenvalue weighted by Gasteiger charge is -2.12. The molecule has 1 aromatic carbocycles. The first kappa shape index (κ1) is 10.5. The second-order valence-corrected chi connectivity index (χ2v) is 4.30. The molecule has 0 spiro atoms. The fourth-order valence-electron chi connectivity index (χ4n) is 1.77. The summed E-state index contributed by atoms with van der Waals surface area (Å²) in [6.45, 7) is 1.97. The maximum Gasteiger partial charge on any atom is 0.416 e. The summed E-state index contributed by atoms with van der Waals surface area (Å²) < 4.78 is 36.9. The first-order valence-corrected chi connectivity index (χ1v) is 4.77. The lowest BCUT2D eigenvalue weighted by Crippen LogP contribution is -2.15. The van der Waals surface area contributed by atoms with Gasteiger partial charge in [0, 0.05) is 11.5 Å². The molecule has 2 N–H and O–H groups in total. The number of hydrogen-bond donors (Lipinski definition) is 1. The van der Waals surface area contributed by atoms with E-state index >= 15 is 0 Å². The van der Waals surface area contributed by atoms with E-state index in [1.54, 1.807) is 0 Å². The van der Waals surface area contributed by atoms with Crippen LogP contribution in [0.5, 0.6) is 0 Å². The fraction of sp³-hybridized carbons (Fsp3) is 0.455. The van der Waals surface area contributed by atoms with Crippen molar-refractivity contribution < 1.29 is 13.2 Å². The Morgan fingerprint density at radius 1 is 1.27 bits per heavy atom. The van der Waals surface area contributed by atoms with Gasteiger partial charge in [-0.15, -0.1) is 0 Å². The molecule has 0 aliphatic heterocycles. The number of alkyl halides is 3. The molecule has 0 aromatic heterocycles. The van der Waals surface area contributed by atoms with Gasteiger partial charge in [0.1, 0.15) is 0 Å². The van der Waals surface area contributed by atoms with Gasteiger partial charge in [-0.25, -0.2) is 0 Å². The number of benzene rings is 1. The molecule has 0 unspecified atom stereocenters. The average molecular weight is 215 g/mol. The van der Waals surface area contributed by atoms with Crippen molar-refractivity contribution in [1.82, 2.24) is 0 Å². The minimum atomic E-state index is -4.26. The van der Waals surface area contributed by atoms with Gasteiger partial charge in [0.25, 0.3) is 0 Å². The molecule has 1 aliphatic rings. The van der Waals surface area contributed by atoms with Gasteiger partial charge in [-0.1, -0.05) is 19.1 Å². The summed E-state index contributed by atoms with van der Waals surface area (Å²) in [6, 6.07) is 5.36. The molecule has 0 amide bonds. The molecule has 2 atom stereocenters. The molecule has 0 radical (unpaired) electrons. The quantitative estimate of drug-likeness (QED) is 0.765. The van der Waals surface area contributed by atoms with Gasteiger partial charge in [-0.05, 0) is 24.1 Å². The molecular weight excluding hydrogens is 203 g/mol. The van der Waals surface area contributed by atoms with Crippen LogP contribution in [0.25, 0.3) is 0 Å². The summed E-state index contributed by atoms with van der Waals surface area (Å²) in [5.41, 5.74) is 5.90. The summed E-state index contributed by atoms with van der Waals surface area (Å²) in [6.07, 6.45) is -3.41. The number of rotatable bonds is 1. The predicted octanol–water partition coefficient (Wildman–Crippen LogP) is 2.69. The molecule has 0 saturated heterocycles. The second-order valence-electron chi connectivity index (χ2n) is 4.30. The Labute approximate surface area is 86.1 Å². The fourth-order valence-corrected chi connectivity index (χ4v) is 1.77. The molecule has 1 nitrogen and oxygen atoms in total. The van der Waals surface area contributed by atoms with Crippen LogP contribution in [0.2, 0.25) is 0 Å². The number of nitrogens with two attached hydrogens (primary N) is 1. The average Bonchev–Trinajstić information content (AvgIpc) is 2.75. The highest BCUT2D eigenvalue weighted by molar-refractivity contribution is 5.37. The Kier molecular flexibility index (Phi) is 2.08. The molecular formula is C11H12F3N. The van der Waals surface area contributed by atoms with Crippen molar-refractivity contribution in [3.8, 4) is 0 Å². The standard InChI is InChI=1S/C11H12F3N/c1-10(6-9(10)15)7-2-4-8(5-3-7)11(12,13)14/h2-5,9H,6,15H2,1H3/t9-,10+/m0/s1. The van der Waals surface area contributed by atoms with Crippen molar-refractivity contribution in [2.24, 2.45) is 5.73 Å². The molecule has 1 aliphatic carbocycles. The number of hydrogen-bond acceptors (Lipinski definition) is 1. The van der Waals surface area contributed by atoms with Gasteiger partial charge in [0.2, 0.25) is 0 Å². The summed E-state index contributed by atoms with van der Waals surface area (Å²) >= 11 is 0. The third-order valence-corrected chi connectivity index (χ3v) is 3.17. The highest BCUT2D eigenvalue weighted by atomic mass is 19.4. The lowest BCUT2D eigenvalue weighted by molar-refractivity contribution is -0.137. The smallest absolute Gasteiger partial charge is 0.327 e. The van der Waals surface area contributed by atoms with E-state index in [-0.39, 0.29) is 11.5 Å². The monoisotopic (exact) mass is 215 g/mol. The maximum absolute atomic E-state index is 12.3. The SMILES string of the molecule is C[C@]1(c2ccc(C(F)(F)F)cc2)C[C@@H]1N. The van der Waals surface area contributed by atoms with E-state index in [9.17, 15) is 13.2 Å². The van der Waals surface area contributed by atoms with E-state index in [0.29, 0.717) is 0 Å². The highest BCUT2D eigenvalue weighted by Gasteiger charge is 2.48. The third kappa shape index (κ3) is 1.74. The van der Waals surface area contributed by atoms with Crippen LogP contribution < -0.4 is 5.73 Å². The first-order valence-electron chi connectivity index (χ1n) is 4.77. The van der Waals surface area contributed by atoms with Crippen LogP contribution in [-0.2, 0) is 11.6 Å². The van der Waals surface area contributed by atoms with Crippen molar-refractivity contribution in [3.05, 3.63) is 35.4 Å². The van der Waals surface area contributed by atoms with Gasteiger partial charge in [-0.2, -0.15) is 13.2 Å². The van der Waals surface area contributed by atoms with Gasteiger partial charge >= 0.3 is 6.18 Å². The van der Waals surface area contributed by atoms with Crippen molar-refractivity contribution in [2.75, 3.05) is 0 Å². The number of halogens is 3. The Hall–Kier alpha value is -1.03. The molecule has 15 heavy (non-hydrogen) atoms. The summed E-state index contributed by atoms with van der Waals surface area (Å²) in [7, 11) is 0. The van der Waals surface area contributed by atoms with E-state index in [2.05, 4.69) is 0 Å². The van der Waals surface area contributed by atoms with Crippen molar-refractivity contribution in [1.29, 1.82) is 0 Å². The van der Waals surface area contributed by atoms with Crippen LogP contribution in [0.3, 0.4) is 0 Å². The molecule has 82 valence electrons. The van der Waals surface area contributed by atoms with Gasteiger partial charge < -0.3 is 5.73 Å². The van der Waals surface area contributed by atoms with Crippen LogP contribution in [0.15, 0.2) is 24.3 Å². The molecule has 1 aromatic rings. The zero-order valence-corrected chi connectivity index (χ0v) is 8.31. The molecule has 2 rings (SSSR count). The minimum Gasteiger partial charge on any atom is -0.327 e. The molecule has 1 saturated carbocycles. The highest BCUT2D eigenvalue weighted by Crippen LogP contribution is 2.46. The Bertz CT molecular complexity index is 368. The predicted molar refractivity (Wildman–Crippen MR) is 51.4 cm³/mol. The minimum absolute atomic E-state index is 0.0780. The van der Waals surface area contributed by atoms with Crippen LogP contribution in [0.4, 0.5) is 13.2 Å². The summed E-state index contributed by atoms with van der Waals surface area (Å²) in [4.78, 5) is 0. The van der Waals surface area contributed by atoms with Gasteiger partial charge in [0.15, 0.2) is 0 Å². The van der Waals surface area contributed by atoms with Crippen LogP contribution in [0, 0.1) is 0 Å². The zero-order chi connectivity index (χ0) is 11.3. The Balaban J connectivity index is 2.26. The second kappa shape index (κ2) is 2.98. The Morgan fingerprint density at radius 3 is 2.07 bits per heavy atom. The lowest BCUT2D eigenvalue weighted by atomic mass is 9.96. The van der Waals surface area contributed by atoms with Crippen molar-refractivity contribution >= 4 is 0 Å². The van der Waals surface area contributed by atoms with E-state index < -0.39 is 11.7 Å². The molecule has 1 fully saturated rings. The van der Waals surface area contributed by atoms with E-state index in [1.807, 2.05) is 6.92 Å². The van der Waals surface area contributed by atoms with Crippen LogP contribution >= 0.6 is 0 Å². The first-order chi connectivity index (χ1) is 6.84. The topological polar surface area (TPSA) is 26.0 Å². The van der Waals surface area contributed by atoms with E-state index in [0.717, 1.165) is 24.1 Å². The van der Waals surface area contributed by atoms with Crippen LogP contribution in [-0.4, -0.2) is 6.04 Å². The van der Waals surface area contributed by atoms with E-state index in [4.69, 9.17) is 5.73 Å². The maximum atomic E-state index is 12.3. The molecule has 4 heteroatoms. The third-order valence-electron chi connectivity index (χ3n) is 3.17. The summed E-state index contributed by atoms with van der Waals surface area (Å²) in [5.74, 6) is 0. The van der Waals surface area contributed by atoms with Gasteiger partial charge in [0.05, 0.1) is 5.56 Å². The van der Waals surface area contributed by atoms with Crippen molar-refractivity contribution in [2.45, 2.75) is 31.0 Å². The van der Waals surface area contributed by atoms with E-state index in [1.165, 1.54) is 12.1 Å².